The number of halogens is 1. The van der Waals surface area contributed by atoms with Gasteiger partial charge in [0.05, 0.1) is 0 Å². The van der Waals surface area contributed by atoms with E-state index in [1.54, 1.807) is 6.07 Å². The van der Waals surface area contributed by atoms with E-state index in [1.807, 2.05) is 6.92 Å². The van der Waals surface area contributed by atoms with Crippen LogP contribution >= 0.6 is 15.9 Å². The molecule has 0 spiro atoms. The van der Waals surface area contributed by atoms with Crippen LogP contribution < -0.4 is 5.46 Å². The Bertz CT molecular complexity index is 338. The standard InChI is InChI=1S/C10H12BBrO2/c1-6-9(7-2-3-7)4-8(12)5-10(6)11(13)14/h4-5,7,13-14H,2-3H2,1H3. The van der Waals surface area contributed by atoms with E-state index in [9.17, 15) is 10.0 Å². The van der Waals surface area contributed by atoms with Gasteiger partial charge in [0.25, 0.3) is 0 Å². The Hall–Kier alpha value is -0.315. The average Bonchev–Trinajstić information content (AvgIpc) is 2.91. The van der Waals surface area contributed by atoms with Crippen LogP contribution in [0.1, 0.15) is 29.9 Å². The van der Waals surface area contributed by atoms with Gasteiger partial charge in [-0.25, -0.2) is 0 Å². The molecule has 2 N–H and O–H groups in total. The zero-order chi connectivity index (χ0) is 10.3. The molecule has 2 nitrogen and oxygen atoms in total. The van der Waals surface area contributed by atoms with Crippen molar-refractivity contribution in [2.24, 2.45) is 0 Å². The van der Waals surface area contributed by atoms with Crippen molar-refractivity contribution in [2.75, 3.05) is 0 Å². The predicted molar refractivity (Wildman–Crippen MR) is 60.7 cm³/mol. The summed E-state index contributed by atoms with van der Waals surface area (Å²) in [6.45, 7) is 1.95. The monoisotopic (exact) mass is 254 g/mol. The molecule has 74 valence electrons. The average molecular weight is 255 g/mol. The lowest BCUT2D eigenvalue weighted by molar-refractivity contribution is 0.425. The topological polar surface area (TPSA) is 40.5 Å². The molecule has 14 heavy (non-hydrogen) atoms. The lowest BCUT2D eigenvalue weighted by Crippen LogP contribution is -2.32. The van der Waals surface area contributed by atoms with E-state index in [1.165, 1.54) is 18.4 Å². The van der Waals surface area contributed by atoms with Crippen LogP contribution in [-0.2, 0) is 0 Å². The van der Waals surface area contributed by atoms with E-state index >= 15 is 0 Å². The molecule has 0 radical (unpaired) electrons. The van der Waals surface area contributed by atoms with Crippen molar-refractivity contribution in [2.45, 2.75) is 25.7 Å². The summed E-state index contributed by atoms with van der Waals surface area (Å²) >= 11 is 3.39. The van der Waals surface area contributed by atoms with Crippen molar-refractivity contribution < 1.29 is 10.0 Å². The molecule has 0 atom stereocenters. The Labute approximate surface area is 92.2 Å². The first-order valence-electron chi connectivity index (χ1n) is 4.75. The summed E-state index contributed by atoms with van der Waals surface area (Å²) in [5.41, 5.74) is 2.88. The first kappa shape index (κ1) is 10.2. The molecule has 1 fully saturated rings. The number of benzene rings is 1. The van der Waals surface area contributed by atoms with Crippen LogP contribution in [0.15, 0.2) is 16.6 Å². The molecule has 0 heterocycles. The van der Waals surface area contributed by atoms with Crippen LogP contribution in [0.3, 0.4) is 0 Å². The van der Waals surface area contributed by atoms with Gasteiger partial charge in [0.1, 0.15) is 0 Å². The molecular weight excluding hydrogens is 243 g/mol. The summed E-state index contributed by atoms with van der Waals surface area (Å²) in [6, 6.07) is 3.85. The highest BCUT2D eigenvalue weighted by atomic mass is 79.9. The van der Waals surface area contributed by atoms with Gasteiger partial charge >= 0.3 is 7.12 Å². The van der Waals surface area contributed by atoms with Crippen molar-refractivity contribution in [3.63, 3.8) is 0 Å². The molecule has 0 unspecified atom stereocenters. The van der Waals surface area contributed by atoms with Crippen molar-refractivity contribution >= 4 is 28.5 Å². The molecule has 1 aromatic rings. The van der Waals surface area contributed by atoms with Crippen LogP contribution in [0.25, 0.3) is 0 Å². The third-order valence-corrected chi connectivity index (χ3v) is 3.21. The van der Waals surface area contributed by atoms with Gasteiger partial charge in [-0.3, -0.25) is 0 Å². The Morgan fingerprint density at radius 3 is 2.50 bits per heavy atom. The van der Waals surface area contributed by atoms with E-state index in [0.717, 1.165) is 10.0 Å². The third kappa shape index (κ3) is 1.87. The van der Waals surface area contributed by atoms with Gasteiger partial charge in [0.2, 0.25) is 0 Å². The predicted octanol–water partition coefficient (Wildman–Crippen LogP) is 1.31. The Morgan fingerprint density at radius 1 is 1.36 bits per heavy atom. The maximum atomic E-state index is 9.19. The van der Waals surface area contributed by atoms with Crippen LogP contribution in [-0.4, -0.2) is 17.2 Å². The second-order valence-corrected chi connectivity index (χ2v) is 4.77. The Morgan fingerprint density at radius 2 is 2.00 bits per heavy atom. The van der Waals surface area contributed by atoms with Crippen LogP contribution in [0.2, 0.25) is 0 Å². The van der Waals surface area contributed by atoms with Gasteiger partial charge in [0.15, 0.2) is 0 Å². The van der Waals surface area contributed by atoms with Crippen molar-refractivity contribution in [1.82, 2.24) is 0 Å². The molecule has 1 aliphatic rings. The van der Waals surface area contributed by atoms with Gasteiger partial charge in [-0.05, 0) is 54.4 Å². The minimum absolute atomic E-state index is 0.612. The lowest BCUT2D eigenvalue weighted by atomic mass is 9.75. The fourth-order valence-corrected chi connectivity index (χ4v) is 2.30. The van der Waals surface area contributed by atoms with Crippen LogP contribution in [0.5, 0.6) is 0 Å². The summed E-state index contributed by atoms with van der Waals surface area (Å²) in [5, 5.41) is 18.4. The third-order valence-electron chi connectivity index (χ3n) is 2.75. The van der Waals surface area contributed by atoms with Crippen LogP contribution in [0.4, 0.5) is 0 Å². The van der Waals surface area contributed by atoms with Gasteiger partial charge in [0, 0.05) is 4.47 Å². The van der Waals surface area contributed by atoms with E-state index in [0.29, 0.717) is 11.4 Å². The largest absolute Gasteiger partial charge is 0.488 e. The molecule has 0 aliphatic heterocycles. The zero-order valence-electron chi connectivity index (χ0n) is 8.00. The summed E-state index contributed by atoms with van der Waals surface area (Å²) in [7, 11) is -1.37. The molecule has 0 bridgehead atoms. The highest BCUT2D eigenvalue weighted by Crippen LogP contribution is 2.41. The van der Waals surface area contributed by atoms with E-state index in [-0.39, 0.29) is 0 Å². The minimum atomic E-state index is -1.37. The molecular formula is C10H12BBrO2. The van der Waals surface area contributed by atoms with Gasteiger partial charge in [-0.2, -0.15) is 0 Å². The summed E-state index contributed by atoms with van der Waals surface area (Å²) in [4.78, 5) is 0. The quantitative estimate of drug-likeness (QED) is 0.782. The number of hydrogen-bond donors (Lipinski definition) is 2. The van der Waals surface area contributed by atoms with E-state index < -0.39 is 7.12 Å². The maximum absolute atomic E-state index is 9.19. The molecule has 4 heteroatoms. The smallest absolute Gasteiger partial charge is 0.423 e. The highest BCUT2D eigenvalue weighted by Gasteiger charge is 2.28. The fourth-order valence-electron chi connectivity index (χ4n) is 1.81. The first-order valence-corrected chi connectivity index (χ1v) is 5.55. The second-order valence-electron chi connectivity index (χ2n) is 3.86. The van der Waals surface area contributed by atoms with Crippen LogP contribution in [0, 0.1) is 6.92 Å². The SMILES string of the molecule is Cc1c(B(O)O)cc(Br)cc1C1CC1. The molecule has 0 amide bonds. The summed E-state index contributed by atoms with van der Waals surface area (Å²) in [6.07, 6.45) is 2.44. The fraction of sp³-hybridized carbons (Fsp3) is 0.400. The number of hydrogen-bond acceptors (Lipinski definition) is 2. The Balaban J connectivity index is 2.49. The normalized spacial score (nSPS) is 15.7. The lowest BCUT2D eigenvalue weighted by Gasteiger charge is -2.11. The van der Waals surface area contributed by atoms with E-state index in [2.05, 4.69) is 22.0 Å². The van der Waals surface area contributed by atoms with Gasteiger partial charge in [-0.15, -0.1) is 0 Å². The molecule has 1 saturated carbocycles. The molecule has 0 saturated heterocycles. The van der Waals surface area contributed by atoms with Gasteiger partial charge in [-0.1, -0.05) is 15.9 Å². The zero-order valence-corrected chi connectivity index (χ0v) is 9.58. The summed E-state index contributed by atoms with van der Waals surface area (Å²) in [5.74, 6) is 0.630. The maximum Gasteiger partial charge on any atom is 0.488 e. The second kappa shape index (κ2) is 3.68. The first-order chi connectivity index (χ1) is 6.59. The molecule has 1 aliphatic carbocycles. The molecule has 0 aromatic heterocycles. The molecule has 1 aromatic carbocycles. The minimum Gasteiger partial charge on any atom is -0.423 e. The van der Waals surface area contributed by atoms with Gasteiger partial charge < -0.3 is 10.0 Å². The Kier molecular flexibility index (Phi) is 2.69. The van der Waals surface area contributed by atoms with Crippen molar-refractivity contribution in [1.29, 1.82) is 0 Å². The van der Waals surface area contributed by atoms with Crippen molar-refractivity contribution in [3.8, 4) is 0 Å². The molecule has 2 rings (SSSR count). The van der Waals surface area contributed by atoms with E-state index in [4.69, 9.17) is 0 Å². The number of rotatable bonds is 2. The summed E-state index contributed by atoms with van der Waals surface area (Å²) < 4.78 is 0.924. The highest BCUT2D eigenvalue weighted by molar-refractivity contribution is 9.10. The van der Waals surface area contributed by atoms with Crippen molar-refractivity contribution in [3.05, 3.63) is 27.7 Å².